The van der Waals surface area contributed by atoms with Crippen molar-refractivity contribution in [1.82, 2.24) is 14.2 Å². The minimum absolute atomic E-state index is 0.0595. The number of piperazine rings is 1. The molecule has 0 atom stereocenters. The number of rotatable bonds is 3. The molecule has 0 N–H and O–H groups in total. The van der Waals surface area contributed by atoms with Crippen molar-refractivity contribution in [2.75, 3.05) is 33.3 Å². The minimum atomic E-state index is -3.51. The zero-order chi connectivity index (χ0) is 17.5. The van der Waals surface area contributed by atoms with Crippen LogP contribution in [0.4, 0.5) is 0 Å². The van der Waals surface area contributed by atoms with E-state index in [1.54, 1.807) is 29.1 Å². The molecule has 3 heterocycles. The molecule has 1 aliphatic heterocycles. The topological polar surface area (TPSA) is 62.7 Å². The van der Waals surface area contributed by atoms with Crippen molar-refractivity contribution < 1.29 is 13.2 Å². The molecule has 1 aliphatic rings. The van der Waals surface area contributed by atoms with Crippen molar-refractivity contribution in [1.29, 1.82) is 0 Å². The molecule has 0 saturated carbocycles. The van der Waals surface area contributed by atoms with Crippen LogP contribution in [0.5, 0.6) is 5.88 Å². The smallest absolute Gasteiger partial charge is 0.244 e. The molecule has 3 rings (SSSR count). The minimum Gasteiger partial charge on any atom is -0.480 e. The summed E-state index contributed by atoms with van der Waals surface area (Å²) in [5.41, 5.74) is 0.0595. The Kier molecular flexibility index (Phi) is 4.59. The fourth-order valence-corrected chi connectivity index (χ4v) is 5.96. The molecule has 8 heteroatoms. The zero-order valence-corrected chi connectivity index (χ0v) is 16.1. The van der Waals surface area contributed by atoms with Gasteiger partial charge in [0.15, 0.2) is 0 Å². The number of hydrogen-bond acceptors (Lipinski definition) is 6. The molecule has 132 valence electrons. The van der Waals surface area contributed by atoms with Gasteiger partial charge in [0.25, 0.3) is 0 Å². The third-order valence-electron chi connectivity index (χ3n) is 4.42. The van der Waals surface area contributed by atoms with Gasteiger partial charge in [-0.15, -0.1) is 11.3 Å². The van der Waals surface area contributed by atoms with Crippen molar-refractivity contribution >= 4 is 31.4 Å². The van der Waals surface area contributed by atoms with Crippen LogP contribution in [0.25, 0.3) is 10.1 Å². The second-order valence-electron chi connectivity index (χ2n) is 6.86. The predicted octanol–water partition coefficient (Wildman–Crippen LogP) is 2.41. The van der Waals surface area contributed by atoms with E-state index in [0.717, 1.165) is 17.8 Å². The third-order valence-corrected chi connectivity index (χ3v) is 7.49. The van der Waals surface area contributed by atoms with Crippen molar-refractivity contribution in [3.8, 4) is 5.88 Å². The van der Waals surface area contributed by atoms with E-state index in [1.165, 1.54) is 11.3 Å². The summed E-state index contributed by atoms with van der Waals surface area (Å²) in [5.74, 6) is 0.469. The van der Waals surface area contributed by atoms with Gasteiger partial charge in [0, 0.05) is 48.7 Å². The SMILES string of the molecule is COc1nccc2c(S(=O)(=O)N3CCN(C(C)(C)C)CC3)csc12. The average molecular weight is 370 g/mol. The molecule has 2 aromatic heterocycles. The molecule has 2 aromatic rings. The van der Waals surface area contributed by atoms with Crippen molar-refractivity contribution in [2.24, 2.45) is 0 Å². The number of pyridine rings is 1. The normalized spacial score (nSPS) is 18.2. The van der Waals surface area contributed by atoms with Crippen molar-refractivity contribution in [3.05, 3.63) is 17.6 Å². The van der Waals surface area contributed by atoms with E-state index in [2.05, 4.69) is 30.7 Å². The quantitative estimate of drug-likeness (QED) is 0.831. The highest BCUT2D eigenvalue weighted by molar-refractivity contribution is 7.89. The first-order chi connectivity index (χ1) is 11.2. The summed E-state index contributed by atoms with van der Waals surface area (Å²) < 4.78 is 33.7. The molecule has 0 radical (unpaired) electrons. The Balaban J connectivity index is 1.90. The summed E-state index contributed by atoms with van der Waals surface area (Å²) >= 11 is 1.36. The molecular formula is C16H23N3O3S2. The highest BCUT2D eigenvalue weighted by atomic mass is 32.2. The lowest BCUT2D eigenvalue weighted by Crippen LogP contribution is -2.54. The third kappa shape index (κ3) is 3.03. The first-order valence-corrected chi connectivity index (χ1v) is 10.2. The van der Waals surface area contributed by atoms with Crippen LogP contribution in [-0.4, -0.2) is 61.4 Å². The largest absolute Gasteiger partial charge is 0.480 e. The molecule has 1 saturated heterocycles. The van der Waals surface area contributed by atoms with E-state index in [9.17, 15) is 8.42 Å². The Labute approximate surface area is 147 Å². The van der Waals surface area contributed by atoms with Crippen LogP contribution in [0, 0.1) is 0 Å². The van der Waals surface area contributed by atoms with Gasteiger partial charge in [-0.1, -0.05) is 0 Å². The second-order valence-corrected chi connectivity index (χ2v) is 9.64. The number of fused-ring (bicyclic) bond motifs is 1. The monoisotopic (exact) mass is 369 g/mol. The highest BCUT2D eigenvalue weighted by Crippen LogP contribution is 2.36. The lowest BCUT2D eigenvalue weighted by Gasteiger charge is -2.41. The van der Waals surface area contributed by atoms with Crippen molar-refractivity contribution in [3.63, 3.8) is 0 Å². The van der Waals surface area contributed by atoms with E-state index in [-0.39, 0.29) is 5.54 Å². The van der Waals surface area contributed by atoms with Crippen LogP contribution in [0.1, 0.15) is 20.8 Å². The van der Waals surface area contributed by atoms with E-state index in [0.29, 0.717) is 29.3 Å². The number of aromatic nitrogens is 1. The van der Waals surface area contributed by atoms with Crippen LogP contribution < -0.4 is 4.74 Å². The summed E-state index contributed by atoms with van der Waals surface area (Å²) in [7, 11) is -1.96. The number of methoxy groups -OCH3 is 1. The molecule has 1 fully saturated rings. The number of nitrogens with zero attached hydrogens (tertiary/aromatic N) is 3. The lowest BCUT2D eigenvalue weighted by atomic mass is 10.1. The Hall–Kier alpha value is -1.22. The molecule has 0 bridgehead atoms. The second kappa shape index (κ2) is 6.25. The molecular weight excluding hydrogens is 346 g/mol. The molecule has 24 heavy (non-hydrogen) atoms. The summed E-state index contributed by atoms with van der Waals surface area (Å²) in [4.78, 5) is 6.81. The fraction of sp³-hybridized carbons (Fsp3) is 0.562. The van der Waals surface area contributed by atoms with Gasteiger partial charge in [-0.25, -0.2) is 13.4 Å². The van der Waals surface area contributed by atoms with Gasteiger partial charge in [0.05, 0.1) is 11.8 Å². The maximum Gasteiger partial charge on any atom is 0.244 e. The average Bonchev–Trinajstić information content (AvgIpc) is 2.99. The van der Waals surface area contributed by atoms with Crippen molar-refractivity contribution in [2.45, 2.75) is 31.2 Å². The Morgan fingerprint density at radius 3 is 2.46 bits per heavy atom. The predicted molar refractivity (Wildman–Crippen MR) is 96.3 cm³/mol. The Bertz CT molecular complexity index is 832. The molecule has 6 nitrogen and oxygen atoms in total. The number of sulfonamides is 1. The van der Waals surface area contributed by atoms with Gasteiger partial charge < -0.3 is 4.74 Å². The number of ether oxygens (including phenoxy) is 1. The van der Waals surface area contributed by atoms with Crippen LogP contribution in [0.3, 0.4) is 0 Å². The summed E-state index contributed by atoms with van der Waals surface area (Å²) in [6.45, 7) is 8.98. The van der Waals surface area contributed by atoms with Gasteiger partial charge in [0.2, 0.25) is 15.9 Å². The Morgan fingerprint density at radius 1 is 1.21 bits per heavy atom. The van der Waals surface area contributed by atoms with Gasteiger partial charge in [-0.3, -0.25) is 4.90 Å². The van der Waals surface area contributed by atoms with Gasteiger partial charge in [-0.05, 0) is 26.8 Å². The first-order valence-electron chi connectivity index (χ1n) is 7.90. The first kappa shape index (κ1) is 17.6. The van der Waals surface area contributed by atoms with Crippen LogP contribution in [0.2, 0.25) is 0 Å². The van der Waals surface area contributed by atoms with Crippen LogP contribution >= 0.6 is 11.3 Å². The molecule has 0 amide bonds. The maximum atomic E-state index is 13.1. The molecule has 0 aromatic carbocycles. The lowest BCUT2D eigenvalue weighted by molar-refractivity contribution is 0.0922. The standard InChI is InChI=1S/C16H23N3O3S2/c1-16(2,3)18-7-9-19(10-8-18)24(20,21)13-11-23-14-12(13)5-6-17-15(14)22-4/h5-6,11H,7-10H2,1-4H3. The zero-order valence-electron chi connectivity index (χ0n) is 14.4. The summed E-state index contributed by atoms with van der Waals surface area (Å²) in [6.07, 6.45) is 1.59. The number of thiophene rings is 1. The fourth-order valence-electron chi connectivity index (χ4n) is 3.00. The highest BCUT2D eigenvalue weighted by Gasteiger charge is 2.33. The maximum absolute atomic E-state index is 13.1. The van der Waals surface area contributed by atoms with E-state index >= 15 is 0 Å². The summed E-state index contributed by atoms with van der Waals surface area (Å²) in [5, 5.41) is 2.38. The van der Waals surface area contributed by atoms with Gasteiger partial charge >= 0.3 is 0 Å². The molecule has 0 unspecified atom stereocenters. The summed E-state index contributed by atoms with van der Waals surface area (Å²) in [6, 6.07) is 1.74. The van der Waals surface area contributed by atoms with Gasteiger partial charge in [-0.2, -0.15) is 4.31 Å². The van der Waals surface area contributed by atoms with Crippen LogP contribution in [0.15, 0.2) is 22.5 Å². The van der Waals surface area contributed by atoms with Gasteiger partial charge in [0.1, 0.15) is 4.90 Å². The Morgan fingerprint density at radius 2 is 1.88 bits per heavy atom. The van der Waals surface area contributed by atoms with E-state index < -0.39 is 10.0 Å². The molecule has 0 spiro atoms. The molecule has 0 aliphatic carbocycles. The number of hydrogen-bond donors (Lipinski definition) is 0. The van der Waals surface area contributed by atoms with E-state index in [4.69, 9.17) is 4.74 Å². The van der Waals surface area contributed by atoms with E-state index in [1.807, 2.05) is 0 Å². The van der Waals surface area contributed by atoms with Crippen LogP contribution in [-0.2, 0) is 10.0 Å².